The van der Waals surface area contributed by atoms with Crippen LogP contribution in [0.3, 0.4) is 0 Å². The molecule has 1 aromatic rings. The van der Waals surface area contributed by atoms with Gasteiger partial charge < -0.3 is 15.1 Å². The van der Waals surface area contributed by atoms with Gasteiger partial charge in [0.1, 0.15) is 6.54 Å². The van der Waals surface area contributed by atoms with Crippen molar-refractivity contribution in [3.8, 4) is 0 Å². The molecule has 0 unspecified atom stereocenters. The lowest BCUT2D eigenvalue weighted by molar-refractivity contribution is -0.162. The molecule has 4 amide bonds. The molecule has 3 N–H and O–H groups in total. The van der Waals surface area contributed by atoms with Crippen LogP contribution in [0.5, 0.6) is 0 Å². The summed E-state index contributed by atoms with van der Waals surface area (Å²) >= 11 is 0. The number of benzene rings is 1. The van der Waals surface area contributed by atoms with Crippen molar-refractivity contribution in [2.45, 2.75) is 32.3 Å². The number of carbonyl (C=O) groups excluding carboxylic acids is 3. The summed E-state index contributed by atoms with van der Waals surface area (Å²) in [5.41, 5.74) is -0.364. The number of nitrogens with one attached hydrogen (secondary N) is 1. The number of carbonyl (C=O) groups is 4. The van der Waals surface area contributed by atoms with Crippen LogP contribution in [0.15, 0.2) is 24.3 Å². The molecule has 9 heteroatoms. The third kappa shape index (κ3) is 3.45. The van der Waals surface area contributed by atoms with E-state index in [-0.39, 0.29) is 37.9 Å². The summed E-state index contributed by atoms with van der Waals surface area (Å²) in [5, 5.41) is 22.2. The minimum atomic E-state index is -1.22. The van der Waals surface area contributed by atoms with Gasteiger partial charge in [-0.25, -0.2) is 4.79 Å². The van der Waals surface area contributed by atoms with Gasteiger partial charge in [0.2, 0.25) is 5.91 Å². The van der Waals surface area contributed by atoms with E-state index in [9.17, 15) is 29.4 Å². The van der Waals surface area contributed by atoms with Gasteiger partial charge in [0.05, 0.1) is 11.5 Å². The Morgan fingerprint density at radius 3 is 2.43 bits per heavy atom. The van der Waals surface area contributed by atoms with Gasteiger partial charge in [0, 0.05) is 24.3 Å². The van der Waals surface area contributed by atoms with E-state index in [1.165, 1.54) is 9.80 Å². The van der Waals surface area contributed by atoms with Crippen molar-refractivity contribution >= 4 is 29.5 Å². The van der Waals surface area contributed by atoms with Crippen LogP contribution >= 0.6 is 0 Å². The fraction of sp³-hybridized carbons (Fsp3) is 0.474. The van der Waals surface area contributed by atoms with Crippen molar-refractivity contribution in [3.05, 3.63) is 29.8 Å². The molecule has 0 aliphatic carbocycles. The van der Waals surface area contributed by atoms with Gasteiger partial charge in [-0.05, 0) is 37.1 Å². The molecule has 0 saturated carbocycles. The lowest BCUT2D eigenvalue weighted by Gasteiger charge is -2.42. The molecule has 28 heavy (non-hydrogen) atoms. The van der Waals surface area contributed by atoms with Crippen molar-refractivity contribution < 1.29 is 29.4 Å². The summed E-state index contributed by atoms with van der Waals surface area (Å²) in [7, 11) is 0. The number of aliphatic hydroxyl groups is 1. The number of hydrogen-bond acceptors (Lipinski definition) is 5. The number of nitrogens with zero attached hydrogens (tertiary/aromatic N) is 2. The lowest BCUT2D eigenvalue weighted by Crippen LogP contribution is -2.56. The first-order valence-corrected chi connectivity index (χ1v) is 9.20. The Hall–Kier alpha value is -2.94. The zero-order valence-corrected chi connectivity index (χ0v) is 15.6. The molecule has 2 heterocycles. The minimum Gasteiger partial charge on any atom is -0.481 e. The van der Waals surface area contributed by atoms with E-state index in [4.69, 9.17) is 0 Å². The highest BCUT2D eigenvalue weighted by Gasteiger charge is 2.48. The second-order valence-corrected chi connectivity index (χ2v) is 7.21. The predicted octanol–water partition coefficient (Wildman–Crippen LogP) is 0.821. The Kier molecular flexibility index (Phi) is 5.37. The summed E-state index contributed by atoms with van der Waals surface area (Å²) in [6.45, 7) is 1.99. The number of hydrogen-bond donors (Lipinski definition) is 3. The third-order valence-corrected chi connectivity index (χ3v) is 5.49. The van der Waals surface area contributed by atoms with Crippen LogP contribution in [-0.4, -0.2) is 64.7 Å². The van der Waals surface area contributed by atoms with Crippen molar-refractivity contribution in [2.75, 3.05) is 24.5 Å². The van der Waals surface area contributed by atoms with Gasteiger partial charge in [-0.3, -0.25) is 24.6 Å². The van der Waals surface area contributed by atoms with Gasteiger partial charge >= 0.3 is 12.0 Å². The molecular formula is C19H23N3O6. The Morgan fingerprint density at radius 2 is 1.93 bits per heavy atom. The zero-order chi connectivity index (χ0) is 20.5. The second kappa shape index (κ2) is 7.59. The molecular weight excluding hydrogens is 366 g/mol. The molecule has 2 atom stereocenters. The van der Waals surface area contributed by atoms with E-state index >= 15 is 0 Å². The molecule has 3 rings (SSSR count). The van der Waals surface area contributed by atoms with Crippen molar-refractivity contribution in [2.24, 2.45) is 5.41 Å². The maximum Gasteiger partial charge on any atom is 0.329 e. The van der Waals surface area contributed by atoms with Gasteiger partial charge in [-0.15, -0.1) is 0 Å². The SMILES string of the molecule is CCC[C@]1(C(=O)O)CCN(C(=O)c2ccc(N3CC(=O)NC3=O)cc2)C[C@@H]1O. The van der Waals surface area contributed by atoms with Crippen LogP contribution in [0.25, 0.3) is 0 Å². The maximum atomic E-state index is 12.8. The number of amides is 4. The normalized spacial score (nSPS) is 25.0. The largest absolute Gasteiger partial charge is 0.481 e. The van der Waals surface area contributed by atoms with Crippen LogP contribution in [-0.2, 0) is 9.59 Å². The highest BCUT2D eigenvalue weighted by Crippen LogP contribution is 2.37. The van der Waals surface area contributed by atoms with Gasteiger partial charge in [-0.2, -0.15) is 0 Å². The third-order valence-electron chi connectivity index (χ3n) is 5.49. The number of rotatable bonds is 5. The topological polar surface area (TPSA) is 127 Å². The first-order valence-electron chi connectivity index (χ1n) is 9.20. The molecule has 150 valence electrons. The van der Waals surface area contributed by atoms with Crippen LogP contribution in [0.1, 0.15) is 36.5 Å². The summed E-state index contributed by atoms with van der Waals surface area (Å²) < 4.78 is 0. The van der Waals surface area contributed by atoms with Gasteiger partial charge in [0.25, 0.3) is 5.91 Å². The molecule has 0 spiro atoms. The molecule has 2 fully saturated rings. The van der Waals surface area contributed by atoms with E-state index < -0.39 is 23.5 Å². The molecule has 0 radical (unpaired) electrons. The Labute approximate surface area is 161 Å². The van der Waals surface area contributed by atoms with Crippen LogP contribution < -0.4 is 10.2 Å². The van der Waals surface area contributed by atoms with E-state index in [0.717, 1.165) is 0 Å². The number of urea groups is 1. The fourth-order valence-corrected chi connectivity index (χ4v) is 3.87. The Bertz CT molecular complexity index is 808. The Morgan fingerprint density at radius 1 is 1.25 bits per heavy atom. The predicted molar refractivity (Wildman–Crippen MR) is 98.8 cm³/mol. The van der Waals surface area contributed by atoms with Crippen LogP contribution in [0, 0.1) is 5.41 Å². The van der Waals surface area contributed by atoms with E-state index in [2.05, 4.69) is 5.32 Å². The van der Waals surface area contributed by atoms with E-state index in [1.807, 2.05) is 6.92 Å². The number of imide groups is 1. The molecule has 9 nitrogen and oxygen atoms in total. The molecule has 2 aliphatic rings. The molecule has 0 aromatic heterocycles. The van der Waals surface area contributed by atoms with Crippen molar-refractivity contribution in [3.63, 3.8) is 0 Å². The summed E-state index contributed by atoms with van der Waals surface area (Å²) in [5.74, 6) is -1.73. The van der Waals surface area contributed by atoms with Crippen LogP contribution in [0.4, 0.5) is 10.5 Å². The molecule has 0 bridgehead atoms. The minimum absolute atomic E-state index is 0.0457. The Balaban J connectivity index is 1.70. The van der Waals surface area contributed by atoms with Crippen molar-refractivity contribution in [1.82, 2.24) is 10.2 Å². The summed E-state index contributed by atoms with van der Waals surface area (Å²) in [6.07, 6.45) is 0.0422. The number of anilines is 1. The van der Waals surface area contributed by atoms with Gasteiger partial charge in [-0.1, -0.05) is 13.3 Å². The summed E-state index contributed by atoms with van der Waals surface area (Å²) in [6, 6.07) is 5.73. The number of aliphatic hydroxyl groups excluding tert-OH is 1. The van der Waals surface area contributed by atoms with E-state index in [0.29, 0.717) is 24.1 Å². The highest BCUT2D eigenvalue weighted by atomic mass is 16.4. The number of β-amino-alcohol motifs (C(OH)–C–C–N with tert-alkyl or cyclic N) is 1. The van der Waals surface area contributed by atoms with Crippen LogP contribution in [0.2, 0.25) is 0 Å². The molecule has 2 saturated heterocycles. The first-order chi connectivity index (χ1) is 13.3. The molecule has 2 aliphatic heterocycles. The lowest BCUT2D eigenvalue weighted by atomic mass is 9.72. The fourth-order valence-electron chi connectivity index (χ4n) is 3.87. The first kappa shape index (κ1) is 19.8. The number of carboxylic acid groups (broad SMARTS) is 1. The zero-order valence-electron chi connectivity index (χ0n) is 15.6. The number of carboxylic acids is 1. The molecule has 1 aromatic carbocycles. The van der Waals surface area contributed by atoms with Gasteiger partial charge in [0.15, 0.2) is 0 Å². The standard InChI is InChI=1S/C19H23N3O6/c1-2-7-19(17(26)27)8-9-21(10-14(19)23)16(25)12-3-5-13(6-4-12)22-11-15(24)20-18(22)28/h3-6,14,23H,2,7-11H2,1H3,(H,26,27)(H,20,24,28)/t14-,19-/m0/s1. The number of piperidine rings is 1. The van der Waals surface area contributed by atoms with E-state index in [1.54, 1.807) is 24.3 Å². The monoisotopic (exact) mass is 389 g/mol. The second-order valence-electron chi connectivity index (χ2n) is 7.21. The average Bonchev–Trinajstić information content (AvgIpc) is 3.01. The van der Waals surface area contributed by atoms with Crippen molar-refractivity contribution in [1.29, 1.82) is 0 Å². The smallest absolute Gasteiger partial charge is 0.329 e. The summed E-state index contributed by atoms with van der Waals surface area (Å²) in [4.78, 5) is 50.2. The quantitative estimate of drug-likeness (QED) is 0.640. The maximum absolute atomic E-state index is 12.8. The number of aliphatic carboxylic acids is 1. The average molecular weight is 389 g/mol. The number of likely N-dealkylation sites (tertiary alicyclic amines) is 1. The highest BCUT2D eigenvalue weighted by molar-refractivity contribution is 6.12.